The number of benzene rings is 1. The molecule has 1 aromatic carbocycles. The van der Waals surface area contributed by atoms with Gasteiger partial charge in [0.25, 0.3) is 0 Å². The predicted octanol–water partition coefficient (Wildman–Crippen LogP) is 3.09. The van der Waals surface area contributed by atoms with E-state index in [4.69, 9.17) is 5.73 Å². The van der Waals surface area contributed by atoms with E-state index in [1.54, 1.807) is 13.8 Å². The molecular formula is C11H16ClF2NO. The summed E-state index contributed by atoms with van der Waals surface area (Å²) in [7, 11) is 0. The van der Waals surface area contributed by atoms with Crippen molar-refractivity contribution in [2.75, 3.05) is 0 Å². The van der Waals surface area contributed by atoms with Gasteiger partial charge in [0.15, 0.2) is 0 Å². The Morgan fingerprint density at radius 3 is 2.06 bits per heavy atom. The highest BCUT2D eigenvalue weighted by Gasteiger charge is 2.17. The van der Waals surface area contributed by atoms with Gasteiger partial charge in [-0.3, -0.25) is 0 Å². The minimum absolute atomic E-state index is 0. The Hall–Kier alpha value is -0.870. The standard InChI is InChI=1S/C11H15F2NO.ClH/c1-6-3-8(15)4-7(2)11(6)9(14)5-10(12)13;/h3-4,9-10,15H,5,14H2,1-2H3;1H/t9-;/m1./s1. The van der Waals surface area contributed by atoms with Gasteiger partial charge in [0.2, 0.25) is 6.43 Å². The summed E-state index contributed by atoms with van der Waals surface area (Å²) in [6, 6.07) is 2.40. The summed E-state index contributed by atoms with van der Waals surface area (Å²) in [4.78, 5) is 0. The van der Waals surface area contributed by atoms with E-state index in [1.807, 2.05) is 0 Å². The van der Waals surface area contributed by atoms with E-state index >= 15 is 0 Å². The molecule has 0 unspecified atom stereocenters. The van der Waals surface area contributed by atoms with E-state index in [0.717, 1.165) is 11.1 Å². The third-order valence-electron chi connectivity index (χ3n) is 2.38. The van der Waals surface area contributed by atoms with Crippen LogP contribution >= 0.6 is 12.4 Å². The quantitative estimate of drug-likeness (QED) is 0.867. The monoisotopic (exact) mass is 251 g/mol. The van der Waals surface area contributed by atoms with E-state index in [2.05, 4.69) is 0 Å². The van der Waals surface area contributed by atoms with E-state index in [0.29, 0.717) is 5.56 Å². The maximum absolute atomic E-state index is 12.2. The fourth-order valence-corrected chi connectivity index (χ4v) is 1.85. The van der Waals surface area contributed by atoms with Crippen molar-refractivity contribution in [3.05, 3.63) is 28.8 Å². The van der Waals surface area contributed by atoms with Gasteiger partial charge in [-0.15, -0.1) is 12.4 Å². The van der Waals surface area contributed by atoms with Crippen molar-refractivity contribution in [1.82, 2.24) is 0 Å². The molecule has 1 atom stereocenters. The maximum atomic E-state index is 12.2. The molecule has 3 N–H and O–H groups in total. The smallest absolute Gasteiger partial charge is 0.240 e. The molecule has 0 aromatic heterocycles. The minimum Gasteiger partial charge on any atom is -0.508 e. The van der Waals surface area contributed by atoms with Crippen molar-refractivity contribution in [3.63, 3.8) is 0 Å². The Bertz CT molecular complexity index is 335. The first kappa shape index (κ1) is 15.1. The molecule has 1 aromatic rings. The van der Waals surface area contributed by atoms with E-state index in [-0.39, 0.29) is 24.6 Å². The van der Waals surface area contributed by atoms with Crippen LogP contribution < -0.4 is 5.73 Å². The van der Waals surface area contributed by atoms with Gasteiger partial charge in [0, 0.05) is 12.5 Å². The average molecular weight is 252 g/mol. The van der Waals surface area contributed by atoms with Gasteiger partial charge in [0.05, 0.1) is 0 Å². The normalized spacial score (nSPS) is 12.4. The number of rotatable bonds is 3. The third-order valence-corrected chi connectivity index (χ3v) is 2.38. The van der Waals surface area contributed by atoms with Crippen molar-refractivity contribution >= 4 is 12.4 Å². The van der Waals surface area contributed by atoms with Gasteiger partial charge in [-0.2, -0.15) is 0 Å². The summed E-state index contributed by atoms with van der Waals surface area (Å²) in [5.41, 5.74) is 7.89. The number of phenols is 1. The molecule has 0 bridgehead atoms. The summed E-state index contributed by atoms with van der Waals surface area (Å²) in [5.74, 6) is 0.137. The molecule has 5 heteroatoms. The molecule has 2 nitrogen and oxygen atoms in total. The van der Waals surface area contributed by atoms with Crippen LogP contribution in [0.2, 0.25) is 0 Å². The van der Waals surface area contributed by atoms with Gasteiger partial charge in [-0.25, -0.2) is 8.78 Å². The number of nitrogens with two attached hydrogens (primary N) is 1. The zero-order chi connectivity index (χ0) is 11.6. The Labute approximate surface area is 99.9 Å². The largest absolute Gasteiger partial charge is 0.508 e. The van der Waals surface area contributed by atoms with E-state index in [1.165, 1.54) is 12.1 Å². The highest BCUT2D eigenvalue weighted by molar-refractivity contribution is 5.85. The Balaban J connectivity index is 0.00000225. The van der Waals surface area contributed by atoms with Crippen LogP contribution in [0.5, 0.6) is 5.75 Å². The molecule has 0 spiro atoms. The highest BCUT2D eigenvalue weighted by atomic mass is 35.5. The molecule has 0 amide bonds. The number of aromatic hydroxyl groups is 1. The molecule has 16 heavy (non-hydrogen) atoms. The number of halogens is 3. The van der Waals surface area contributed by atoms with Crippen molar-refractivity contribution in [3.8, 4) is 5.75 Å². The first-order chi connectivity index (χ1) is 6.91. The molecule has 0 aliphatic carbocycles. The molecule has 0 aliphatic rings. The van der Waals surface area contributed by atoms with Gasteiger partial charge >= 0.3 is 0 Å². The van der Waals surface area contributed by atoms with Crippen LogP contribution in [-0.2, 0) is 0 Å². The lowest BCUT2D eigenvalue weighted by Gasteiger charge is -2.17. The lowest BCUT2D eigenvalue weighted by atomic mass is 9.94. The Kier molecular flexibility index (Phi) is 5.68. The molecule has 1 rings (SSSR count). The molecular weight excluding hydrogens is 236 g/mol. The fourth-order valence-electron chi connectivity index (χ4n) is 1.85. The first-order valence-electron chi connectivity index (χ1n) is 4.75. The zero-order valence-corrected chi connectivity index (χ0v) is 10.0. The van der Waals surface area contributed by atoms with Crippen molar-refractivity contribution in [1.29, 1.82) is 0 Å². The molecule has 0 saturated carbocycles. The summed E-state index contributed by atoms with van der Waals surface area (Å²) in [6.45, 7) is 3.51. The van der Waals surface area contributed by atoms with Crippen LogP contribution in [0.4, 0.5) is 8.78 Å². The van der Waals surface area contributed by atoms with Crippen LogP contribution in [0, 0.1) is 13.8 Å². The van der Waals surface area contributed by atoms with Crippen LogP contribution in [0.25, 0.3) is 0 Å². The number of hydrogen-bond donors (Lipinski definition) is 2. The summed E-state index contributed by atoms with van der Waals surface area (Å²) in [5, 5.41) is 9.29. The number of hydrogen-bond acceptors (Lipinski definition) is 2. The van der Waals surface area contributed by atoms with Gasteiger partial charge in [-0.1, -0.05) is 0 Å². The second kappa shape index (κ2) is 6.01. The number of phenolic OH excluding ortho intramolecular Hbond substituents is 1. The summed E-state index contributed by atoms with van der Waals surface area (Å²) in [6.07, 6.45) is -2.76. The average Bonchev–Trinajstić information content (AvgIpc) is 1.99. The van der Waals surface area contributed by atoms with E-state index in [9.17, 15) is 13.9 Å². The van der Waals surface area contributed by atoms with Gasteiger partial charge in [0.1, 0.15) is 5.75 Å². The van der Waals surface area contributed by atoms with Crippen molar-refractivity contribution in [2.45, 2.75) is 32.7 Å². The van der Waals surface area contributed by atoms with Crippen LogP contribution in [-0.4, -0.2) is 11.5 Å². The topological polar surface area (TPSA) is 46.2 Å². The zero-order valence-electron chi connectivity index (χ0n) is 9.21. The minimum atomic E-state index is -2.41. The van der Waals surface area contributed by atoms with Crippen LogP contribution in [0.3, 0.4) is 0 Å². The van der Waals surface area contributed by atoms with Gasteiger partial charge < -0.3 is 10.8 Å². The van der Waals surface area contributed by atoms with Crippen molar-refractivity contribution < 1.29 is 13.9 Å². The molecule has 0 heterocycles. The molecule has 92 valence electrons. The number of aryl methyl sites for hydroxylation is 2. The van der Waals surface area contributed by atoms with Crippen LogP contribution in [0.1, 0.15) is 29.2 Å². The summed E-state index contributed by atoms with van der Waals surface area (Å²) >= 11 is 0. The fraction of sp³-hybridized carbons (Fsp3) is 0.455. The second-order valence-electron chi connectivity index (χ2n) is 3.73. The molecule has 0 aliphatic heterocycles. The maximum Gasteiger partial charge on any atom is 0.240 e. The van der Waals surface area contributed by atoms with Gasteiger partial charge in [-0.05, 0) is 42.7 Å². The van der Waals surface area contributed by atoms with Crippen molar-refractivity contribution in [2.24, 2.45) is 5.73 Å². The predicted molar refractivity (Wildman–Crippen MR) is 62.4 cm³/mol. The highest BCUT2D eigenvalue weighted by Crippen LogP contribution is 2.28. The Morgan fingerprint density at radius 1 is 1.25 bits per heavy atom. The second-order valence-corrected chi connectivity index (χ2v) is 3.73. The first-order valence-corrected chi connectivity index (χ1v) is 4.75. The van der Waals surface area contributed by atoms with E-state index < -0.39 is 12.5 Å². The number of alkyl halides is 2. The molecule has 0 fully saturated rings. The summed E-state index contributed by atoms with van der Waals surface area (Å²) < 4.78 is 24.4. The lowest BCUT2D eigenvalue weighted by Crippen LogP contribution is -2.16. The molecule has 0 radical (unpaired) electrons. The van der Waals surface area contributed by atoms with Crippen LogP contribution in [0.15, 0.2) is 12.1 Å². The Morgan fingerprint density at radius 2 is 1.69 bits per heavy atom. The lowest BCUT2D eigenvalue weighted by molar-refractivity contribution is 0.128. The third kappa shape index (κ3) is 3.61. The SMILES string of the molecule is Cc1cc(O)cc(C)c1[C@H](N)CC(F)F.Cl. The molecule has 0 saturated heterocycles.